The fourth-order valence-corrected chi connectivity index (χ4v) is 0.657. The Morgan fingerprint density at radius 3 is 2.62 bits per heavy atom. The molecular weight excluding hydrogens is 170 g/mol. The summed E-state index contributed by atoms with van der Waals surface area (Å²) in [7, 11) is 0. The van der Waals surface area contributed by atoms with Gasteiger partial charge in [0.25, 0.3) is 0 Å². The molecule has 0 spiro atoms. The molecule has 74 valence electrons. The molecule has 4 heteroatoms. The van der Waals surface area contributed by atoms with Gasteiger partial charge in [-0.1, -0.05) is 13.0 Å². The fourth-order valence-electron chi connectivity index (χ4n) is 0.657. The number of allylic oxidation sites excluding steroid dienone is 1. The van der Waals surface area contributed by atoms with Gasteiger partial charge in [0.2, 0.25) is 0 Å². The van der Waals surface area contributed by atoms with Gasteiger partial charge in [-0.25, -0.2) is 4.79 Å². The van der Waals surface area contributed by atoms with Crippen molar-refractivity contribution in [2.75, 3.05) is 13.2 Å². The van der Waals surface area contributed by atoms with Crippen LogP contribution in [0.25, 0.3) is 0 Å². The van der Waals surface area contributed by atoms with Crippen LogP contribution in [0.3, 0.4) is 0 Å². The number of carboxylic acids is 1. The lowest BCUT2D eigenvalue weighted by atomic mass is 10.2. The molecule has 0 radical (unpaired) electrons. The van der Waals surface area contributed by atoms with Gasteiger partial charge < -0.3 is 9.84 Å². The maximum absolute atomic E-state index is 10.0. The van der Waals surface area contributed by atoms with E-state index in [0.29, 0.717) is 5.57 Å². The smallest absolute Gasteiger partial charge is 0.330 e. The molecule has 0 aliphatic carbocycles. The predicted octanol–water partition coefficient (Wildman–Crippen LogP) is 1.47. The average molecular weight is 185 g/mol. The highest BCUT2D eigenvalue weighted by atomic mass is 16.5. The topological polar surface area (TPSA) is 58.9 Å². The van der Waals surface area contributed by atoms with Gasteiger partial charge in [0.05, 0.1) is 6.54 Å². The summed E-state index contributed by atoms with van der Waals surface area (Å²) in [5.74, 6) is -0.827. The first-order chi connectivity index (χ1) is 6.18. The predicted molar refractivity (Wildman–Crippen MR) is 51.0 cm³/mol. The van der Waals surface area contributed by atoms with Gasteiger partial charge >= 0.3 is 5.97 Å². The molecule has 0 aromatic heterocycles. The van der Waals surface area contributed by atoms with E-state index in [2.05, 4.69) is 9.73 Å². The van der Waals surface area contributed by atoms with E-state index < -0.39 is 5.97 Å². The van der Waals surface area contributed by atoms with Crippen LogP contribution in [-0.4, -0.2) is 30.6 Å². The Labute approximate surface area is 77.9 Å². The Morgan fingerprint density at radius 1 is 1.77 bits per heavy atom. The summed E-state index contributed by atoms with van der Waals surface area (Å²) >= 11 is 0. The van der Waals surface area contributed by atoms with E-state index in [1.54, 1.807) is 13.0 Å². The molecule has 4 nitrogen and oxygen atoms in total. The summed E-state index contributed by atoms with van der Waals surface area (Å²) in [6.07, 6.45) is 3.96. The van der Waals surface area contributed by atoms with Gasteiger partial charge in [0.15, 0.2) is 6.40 Å². The van der Waals surface area contributed by atoms with Crippen LogP contribution in [0.4, 0.5) is 0 Å². The summed E-state index contributed by atoms with van der Waals surface area (Å²) in [6, 6.07) is 0. The first-order valence-corrected chi connectivity index (χ1v) is 4.18. The summed E-state index contributed by atoms with van der Waals surface area (Å²) in [6.45, 7) is 5.12. The van der Waals surface area contributed by atoms with E-state index in [1.807, 2.05) is 6.92 Å². The maximum atomic E-state index is 10.0. The van der Waals surface area contributed by atoms with Crippen molar-refractivity contribution in [2.45, 2.75) is 20.3 Å². The third-order valence-corrected chi connectivity index (χ3v) is 1.33. The van der Waals surface area contributed by atoms with Crippen molar-refractivity contribution in [1.29, 1.82) is 0 Å². The molecule has 0 aromatic rings. The highest BCUT2D eigenvalue weighted by molar-refractivity contribution is 5.85. The van der Waals surface area contributed by atoms with Gasteiger partial charge in [0.1, 0.15) is 6.61 Å². The summed E-state index contributed by atoms with van der Waals surface area (Å²) in [4.78, 5) is 13.8. The Kier molecular flexibility index (Phi) is 6.59. The van der Waals surface area contributed by atoms with Crippen LogP contribution < -0.4 is 0 Å². The minimum Gasteiger partial charge on any atom is -0.482 e. The van der Waals surface area contributed by atoms with Crippen LogP contribution in [0.1, 0.15) is 20.3 Å². The summed E-state index contributed by atoms with van der Waals surface area (Å²) in [5, 5.41) is 8.24. The minimum atomic E-state index is -0.827. The van der Waals surface area contributed by atoms with Crippen molar-refractivity contribution >= 4 is 12.4 Å². The molecule has 0 bridgehead atoms. The molecule has 1 rings (SSSR count). The second-order valence-corrected chi connectivity index (χ2v) is 2.48. The van der Waals surface area contributed by atoms with Crippen molar-refractivity contribution in [3.63, 3.8) is 0 Å². The van der Waals surface area contributed by atoms with Crippen molar-refractivity contribution in [2.24, 2.45) is 4.99 Å². The number of carbonyl (C=O) groups is 1. The van der Waals surface area contributed by atoms with Crippen molar-refractivity contribution in [3.8, 4) is 0 Å². The number of rotatable bonds is 2. The second-order valence-electron chi connectivity index (χ2n) is 2.48. The average Bonchev–Trinajstić information content (AvgIpc) is 2.61. The molecule has 0 fully saturated rings. The monoisotopic (exact) mass is 185 g/mol. The zero-order valence-corrected chi connectivity index (χ0v) is 7.99. The van der Waals surface area contributed by atoms with Crippen LogP contribution >= 0.6 is 0 Å². The van der Waals surface area contributed by atoms with E-state index >= 15 is 0 Å². The first-order valence-electron chi connectivity index (χ1n) is 4.18. The molecule has 1 aliphatic heterocycles. The maximum Gasteiger partial charge on any atom is 0.330 e. The molecule has 0 amide bonds. The number of aliphatic imine (C=N–C) groups is 1. The molecular formula is C9H15NO3. The SMILES string of the molecule is C1=NCCO1.CC/C=C(\C)C(=O)O. The Balaban J connectivity index is 0.000000243. The molecule has 0 saturated carbocycles. The molecule has 0 aromatic carbocycles. The normalized spacial score (nSPS) is 14.5. The van der Waals surface area contributed by atoms with Gasteiger partial charge in [-0.15, -0.1) is 0 Å². The standard InChI is InChI=1S/C6H10O2.C3H5NO/c1-3-4-5(2)6(7)8;1-2-5-3-4-1/h4H,3H2,1-2H3,(H,7,8);3H,1-2H2/b5-4+;. The Hall–Kier alpha value is -1.32. The summed E-state index contributed by atoms with van der Waals surface area (Å²) in [5.41, 5.74) is 0.424. The molecule has 1 heterocycles. The first kappa shape index (κ1) is 11.7. The molecule has 13 heavy (non-hydrogen) atoms. The Bertz CT molecular complexity index is 203. The Morgan fingerprint density at radius 2 is 2.46 bits per heavy atom. The number of hydrogen-bond acceptors (Lipinski definition) is 3. The van der Waals surface area contributed by atoms with Crippen molar-refractivity contribution in [1.82, 2.24) is 0 Å². The summed E-state index contributed by atoms with van der Waals surface area (Å²) < 4.78 is 4.65. The van der Waals surface area contributed by atoms with E-state index in [9.17, 15) is 4.79 Å². The van der Waals surface area contributed by atoms with Crippen LogP contribution in [0.15, 0.2) is 16.6 Å². The van der Waals surface area contributed by atoms with Gasteiger partial charge in [0, 0.05) is 5.57 Å². The largest absolute Gasteiger partial charge is 0.482 e. The molecule has 0 atom stereocenters. The van der Waals surface area contributed by atoms with Gasteiger partial charge in [-0.2, -0.15) is 0 Å². The van der Waals surface area contributed by atoms with E-state index in [4.69, 9.17) is 5.11 Å². The highest BCUT2D eigenvalue weighted by Gasteiger charge is 1.94. The third-order valence-electron chi connectivity index (χ3n) is 1.33. The quantitative estimate of drug-likeness (QED) is 0.663. The minimum absolute atomic E-state index is 0.424. The van der Waals surface area contributed by atoms with Crippen LogP contribution in [0.2, 0.25) is 0 Å². The van der Waals surface area contributed by atoms with Crippen LogP contribution in [0, 0.1) is 0 Å². The third kappa shape index (κ3) is 7.05. The van der Waals surface area contributed by atoms with E-state index in [1.165, 1.54) is 6.40 Å². The highest BCUT2D eigenvalue weighted by Crippen LogP contribution is 1.92. The molecule has 1 N–H and O–H groups in total. The van der Waals surface area contributed by atoms with Crippen molar-refractivity contribution in [3.05, 3.63) is 11.6 Å². The number of aliphatic carboxylic acids is 1. The van der Waals surface area contributed by atoms with E-state index in [-0.39, 0.29) is 0 Å². The lowest BCUT2D eigenvalue weighted by molar-refractivity contribution is -0.132. The fraction of sp³-hybridized carbons (Fsp3) is 0.556. The zero-order valence-electron chi connectivity index (χ0n) is 7.99. The van der Waals surface area contributed by atoms with Crippen LogP contribution in [0.5, 0.6) is 0 Å². The number of carboxylic acid groups (broad SMARTS) is 1. The number of nitrogens with zero attached hydrogens (tertiary/aromatic N) is 1. The second kappa shape index (κ2) is 7.34. The van der Waals surface area contributed by atoms with Gasteiger partial charge in [-0.3, -0.25) is 4.99 Å². The molecule has 1 aliphatic rings. The molecule has 0 unspecified atom stereocenters. The lowest BCUT2D eigenvalue weighted by Crippen LogP contribution is -1.94. The van der Waals surface area contributed by atoms with Crippen molar-refractivity contribution < 1.29 is 14.6 Å². The zero-order chi connectivity index (χ0) is 10.1. The number of hydrogen-bond donors (Lipinski definition) is 1. The molecule has 0 saturated heterocycles. The van der Waals surface area contributed by atoms with Gasteiger partial charge in [-0.05, 0) is 13.3 Å². The van der Waals surface area contributed by atoms with Crippen LogP contribution in [-0.2, 0) is 9.53 Å². The number of ether oxygens (including phenoxy) is 1. The lowest BCUT2D eigenvalue weighted by Gasteiger charge is -1.87. The van der Waals surface area contributed by atoms with E-state index in [0.717, 1.165) is 19.6 Å².